The van der Waals surface area contributed by atoms with Gasteiger partial charge in [0.05, 0.1) is 0 Å². The predicted molar refractivity (Wildman–Crippen MR) is 80.7 cm³/mol. The van der Waals surface area contributed by atoms with Gasteiger partial charge in [0.15, 0.2) is 0 Å². The van der Waals surface area contributed by atoms with Crippen molar-refractivity contribution < 1.29 is 4.39 Å². The fraction of sp³-hybridized carbons (Fsp3) is 0.375. The van der Waals surface area contributed by atoms with Crippen LogP contribution in [0.4, 0.5) is 10.3 Å². The topological polar surface area (TPSA) is 32.3 Å². The van der Waals surface area contributed by atoms with Crippen LogP contribution in [0, 0.1) is 12.7 Å². The molecule has 0 N–H and O–H groups in total. The maximum Gasteiger partial charge on any atom is 0.225 e. The highest BCUT2D eigenvalue weighted by molar-refractivity contribution is 5.31. The Hall–Kier alpha value is -2.01. The molecule has 1 aromatic carbocycles. The Morgan fingerprint density at radius 2 is 1.76 bits per heavy atom. The number of hydrogen-bond acceptors (Lipinski definition) is 4. The lowest BCUT2D eigenvalue weighted by atomic mass is 10.2. The molecule has 0 bridgehead atoms. The average Bonchev–Trinajstić information content (AvgIpc) is 2.50. The lowest BCUT2D eigenvalue weighted by molar-refractivity contribution is 0.248. The standard InChI is InChI=1S/C16H19FN4/c1-13-6-7-18-16(19-13)21-10-8-20(9-11-21)12-14-2-4-15(17)5-3-14/h2-7H,8-12H2,1H3. The van der Waals surface area contributed by atoms with Gasteiger partial charge in [0.1, 0.15) is 5.82 Å². The molecule has 110 valence electrons. The van der Waals surface area contributed by atoms with Gasteiger partial charge in [0, 0.05) is 44.6 Å². The van der Waals surface area contributed by atoms with E-state index >= 15 is 0 Å². The van der Waals surface area contributed by atoms with Gasteiger partial charge in [-0.3, -0.25) is 4.90 Å². The first-order valence-electron chi connectivity index (χ1n) is 7.22. The summed E-state index contributed by atoms with van der Waals surface area (Å²) in [5.41, 5.74) is 2.14. The van der Waals surface area contributed by atoms with E-state index in [-0.39, 0.29) is 5.82 Å². The fourth-order valence-corrected chi connectivity index (χ4v) is 2.54. The zero-order valence-corrected chi connectivity index (χ0v) is 12.2. The second kappa shape index (κ2) is 6.18. The molecule has 0 amide bonds. The smallest absolute Gasteiger partial charge is 0.225 e. The second-order valence-electron chi connectivity index (χ2n) is 5.39. The van der Waals surface area contributed by atoms with Crippen LogP contribution < -0.4 is 4.90 Å². The number of rotatable bonds is 3. The first kappa shape index (κ1) is 13.9. The van der Waals surface area contributed by atoms with E-state index in [1.54, 1.807) is 0 Å². The highest BCUT2D eigenvalue weighted by Crippen LogP contribution is 2.13. The Balaban J connectivity index is 1.56. The predicted octanol–water partition coefficient (Wildman–Crippen LogP) is 2.25. The maximum atomic E-state index is 12.9. The zero-order valence-electron chi connectivity index (χ0n) is 12.2. The molecule has 2 heterocycles. The number of aromatic nitrogens is 2. The van der Waals surface area contributed by atoms with Gasteiger partial charge in [0.2, 0.25) is 5.95 Å². The summed E-state index contributed by atoms with van der Waals surface area (Å²) in [7, 11) is 0. The van der Waals surface area contributed by atoms with Crippen LogP contribution >= 0.6 is 0 Å². The summed E-state index contributed by atoms with van der Waals surface area (Å²) in [5, 5.41) is 0. The molecule has 1 fully saturated rings. The van der Waals surface area contributed by atoms with Gasteiger partial charge in [0.25, 0.3) is 0 Å². The van der Waals surface area contributed by atoms with Crippen molar-refractivity contribution in [2.45, 2.75) is 13.5 Å². The first-order chi connectivity index (χ1) is 10.2. The lowest BCUT2D eigenvalue weighted by Gasteiger charge is -2.34. The molecule has 2 aromatic rings. The molecule has 0 spiro atoms. The van der Waals surface area contributed by atoms with Crippen molar-refractivity contribution in [3.8, 4) is 0 Å². The van der Waals surface area contributed by atoms with Crippen molar-refractivity contribution in [2.24, 2.45) is 0 Å². The third-order valence-electron chi connectivity index (χ3n) is 3.76. The van der Waals surface area contributed by atoms with E-state index in [4.69, 9.17) is 0 Å². The molecule has 1 saturated heterocycles. The molecule has 0 unspecified atom stereocenters. The summed E-state index contributed by atoms with van der Waals surface area (Å²) in [6, 6.07) is 8.66. The van der Waals surface area contributed by atoms with Gasteiger partial charge < -0.3 is 4.90 Å². The van der Waals surface area contributed by atoms with E-state index in [0.29, 0.717) is 0 Å². The normalized spacial score (nSPS) is 16.2. The van der Waals surface area contributed by atoms with Crippen LogP contribution in [0.5, 0.6) is 0 Å². The monoisotopic (exact) mass is 286 g/mol. The zero-order chi connectivity index (χ0) is 14.7. The van der Waals surface area contributed by atoms with Crippen molar-refractivity contribution in [1.29, 1.82) is 0 Å². The Labute approximate surface area is 124 Å². The van der Waals surface area contributed by atoms with Crippen LogP contribution in [0.25, 0.3) is 0 Å². The van der Waals surface area contributed by atoms with Crippen molar-refractivity contribution in [3.63, 3.8) is 0 Å². The minimum Gasteiger partial charge on any atom is -0.338 e. The van der Waals surface area contributed by atoms with Crippen molar-refractivity contribution in [1.82, 2.24) is 14.9 Å². The van der Waals surface area contributed by atoms with Gasteiger partial charge in [-0.15, -0.1) is 0 Å². The fourth-order valence-electron chi connectivity index (χ4n) is 2.54. The number of hydrogen-bond donors (Lipinski definition) is 0. The largest absolute Gasteiger partial charge is 0.338 e. The van der Waals surface area contributed by atoms with Crippen LogP contribution in [0.1, 0.15) is 11.3 Å². The van der Waals surface area contributed by atoms with Gasteiger partial charge >= 0.3 is 0 Å². The van der Waals surface area contributed by atoms with E-state index < -0.39 is 0 Å². The van der Waals surface area contributed by atoms with Crippen LogP contribution in [-0.4, -0.2) is 41.0 Å². The Morgan fingerprint density at radius 1 is 1.05 bits per heavy atom. The molecule has 4 nitrogen and oxygen atoms in total. The van der Waals surface area contributed by atoms with E-state index in [1.165, 1.54) is 12.1 Å². The van der Waals surface area contributed by atoms with Crippen LogP contribution in [-0.2, 0) is 6.54 Å². The van der Waals surface area contributed by atoms with E-state index in [9.17, 15) is 4.39 Å². The number of nitrogens with zero attached hydrogens (tertiary/aromatic N) is 4. The minimum absolute atomic E-state index is 0.180. The molecule has 21 heavy (non-hydrogen) atoms. The molecule has 1 aliphatic rings. The van der Waals surface area contributed by atoms with Gasteiger partial charge in [-0.1, -0.05) is 12.1 Å². The molecule has 1 aliphatic heterocycles. The van der Waals surface area contributed by atoms with Gasteiger partial charge in [-0.2, -0.15) is 0 Å². The maximum absolute atomic E-state index is 12.9. The van der Waals surface area contributed by atoms with E-state index in [2.05, 4.69) is 19.8 Å². The summed E-state index contributed by atoms with van der Waals surface area (Å²) < 4.78 is 12.9. The summed E-state index contributed by atoms with van der Waals surface area (Å²) in [4.78, 5) is 13.4. The molecule has 0 radical (unpaired) electrons. The Morgan fingerprint density at radius 3 is 2.43 bits per heavy atom. The summed E-state index contributed by atoms with van der Waals surface area (Å²) in [6.07, 6.45) is 1.81. The lowest BCUT2D eigenvalue weighted by Crippen LogP contribution is -2.46. The van der Waals surface area contributed by atoms with Crippen molar-refractivity contribution in [2.75, 3.05) is 31.1 Å². The minimum atomic E-state index is -0.180. The van der Waals surface area contributed by atoms with Crippen molar-refractivity contribution in [3.05, 3.63) is 53.6 Å². The average molecular weight is 286 g/mol. The van der Waals surface area contributed by atoms with E-state index in [0.717, 1.165) is 49.9 Å². The highest BCUT2D eigenvalue weighted by atomic mass is 19.1. The van der Waals surface area contributed by atoms with Crippen LogP contribution in [0.15, 0.2) is 36.5 Å². The second-order valence-corrected chi connectivity index (χ2v) is 5.39. The van der Waals surface area contributed by atoms with E-state index in [1.807, 2.05) is 31.3 Å². The van der Waals surface area contributed by atoms with Gasteiger partial charge in [-0.25, -0.2) is 14.4 Å². The third-order valence-corrected chi connectivity index (χ3v) is 3.76. The summed E-state index contributed by atoms with van der Waals surface area (Å²) in [6.45, 7) is 6.62. The molecule has 1 aromatic heterocycles. The molecule has 0 atom stereocenters. The summed E-state index contributed by atoms with van der Waals surface area (Å²) in [5.74, 6) is 0.636. The molecule has 0 saturated carbocycles. The first-order valence-corrected chi connectivity index (χ1v) is 7.22. The Kier molecular flexibility index (Phi) is 4.10. The molecule has 0 aliphatic carbocycles. The number of anilines is 1. The van der Waals surface area contributed by atoms with Crippen molar-refractivity contribution >= 4 is 5.95 Å². The molecular weight excluding hydrogens is 267 g/mol. The van der Waals surface area contributed by atoms with Gasteiger partial charge in [-0.05, 0) is 30.7 Å². The number of halogens is 1. The summed E-state index contributed by atoms with van der Waals surface area (Å²) >= 11 is 0. The molecule has 5 heteroatoms. The number of benzene rings is 1. The number of piperazine rings is 1. The Bertz CT molecular complexity index is 591. The molecular formula is C16H19FN4. The quantitative estimate of drug-likeness (QED) is 0.866. The van der Waals surface area contributed by atoms with Crippen LogP contribution in [0.2, 0.25) is 0 Å². The third kappa shape index (κ3) is 3.55. The SMILES string of the molecule is Cc1ccnc(N2CCN(Cc3ccc(F)cc3)CC2)n1. The van der Waals surface area contributed by atoms with Crippen LogP contribution in [0.3, 0.4) is 0 Å². The number of aryl methyl sites for hydroxylation is 1. The molecule has 3 rings (SSSR count). The highest BCUT2D eigenvalue weighted by Gasteiger charge is 2.18.